The van der Waals surface area contributed by atoms with Gasteiger partial charge in [-0.05, 0) is 37.5 Å². The second kappa shape index (κ2) is 9.45. The fourth-order valence-corrected chi connectivity index (χ4v) is 3.58. The molecular weight excluding hydrogens is 363 g/mol. The van der Waals surface area contributed by atoms with E-state index >= 15 is 0 Å². The normalized spacial score (nSPS) is 20.5. The Balaban J connectivity index is 1.84. The largest absolute Gasteiger partial charge is 0.445 e. The van der Waals surface area contributed by atoms with Crippen molar-refractivity contribution in [3.05, 3.63) is 29.1 Å². The number of rotatable bonds is 9. The van der Waals surface area contributed by atoms with E-state index in [4.69, 9.17) is 15.3 Å². The van der Waals surface area contributed by atoms with Crippen LogP contribution in [0.5, 0.6) is 0 Å². The van der Waals surface area contributed by atoms with Gasteiger partial charge in [-0.25, -0.2) is 4.39 Å². The number of morpholine rings is 1. The molecule has 0 spiro atoms. The Labute approximate surface area is 164 Å². The molecule has 1 aromatic rings. The molecule has 0 radical (unpaired) electrons. The molecule has 1 amide bonds. The monoisotopic (exact) mass is 393 g/mol. The summed E-state index contributed by atoms with van der Waals surface area (Å²) in [4.78, 5) is 14.9. The van der Waals surface area contributed by atoms with Gasteiger partial charge in [0.25, 0.3) is 5.91 Å². The molecule has 1 aromatic carbocycles. The number of ether oxygens (including phenoxy) is 1. The van der Waals surface area contributed by atoms with Crippen molar-refractivity contribution in [3.8, 4) is 0 Å². The summed E-state index contributed by atoms with van der Waals surface area (Å²) in [6, 6.07) is 3.11. The number of benzene rings is 1. The van der Waals surface area contributed by atoms with E-state index in [1.165, 1.54) is 6.07 Å². The van der Waals surface area contributed by atoms with Gasteiger partial charge in [0.05, 0.1) is 18.2 Å². The van der Waals surface area contributed by atoms with Gasteiger partial charge < -0.3 is 30.8 Å². The Morgan fingerprint density at radius 3 is 2.93 bits per heavy atom. The molecule has 1 saturated carbocycles. The van der Waals surface area contributed by atoms with Crippen molar-refractivity contribution < 1.29 is 19.0 Å². The molecule has 1 saturated heterocycles. The van der Waals surface area contributed by atoms with Crippen molar-refractivity contribution >= 4 is 17.8 Å². The maximum absolute atomic E-state index is 14.6. The average Bonchev–Trinajstić information content (AvgIpc) is 3.53. The lowest BCUT2D eigenvalue weighted by molar-refractivity contribution is -0.148. The summed E-state index contributed by atoms with van der Waals surface area (Å²) in [5, 5.41) is 21.1. The summed E-state index contributed by atoms with van der Waals surface area (Å²) in [5.74, 6) is -0.533. The van der Waals surface area contributed by atoms with E-state index in [0.29, 0.717) is 37.4 Å². The Morgan fingerprint density at radius 2 is 2.32 bits per heavy atom. The first-order valence-electron chi connectivity index (χ1n) is 9.93. The van der Waals surface area contributed by atoms with Crippen LogP contribution in [0.4, 0.5) is 10.1 Å². The van der Waals surface area contributed by atoms with Crippen LogP contribution in [0.15, 0.2) is 12.1 Å². The average molecular weight is 393 g/mol. The molecule has 1 heterocycles. The summed E-state index contributed by atoms with van der Waals surface area (Å²) in [5.41, 5.74) is 1.43. The van der Waals surface area contributed by atoms with Gasteiger partial charge in [0.15, 0.2) is 0 Å². The van der Waals surface area contributed by atoms with Crippen molar-refractivity contribution in [1.82, 2.24) is 10.2 Å². The molecule has 28 heavy (non-hydrogen) atoms. The Hall–Kier alpha value is -2.03. The van der Waals surface area contributed by atoms with E-state index in [1.54, 1.807) is 0 Å². The highest BCUT2D eigenvalue weighted by atomic mass is 19.1. The van der Waals surface area contributed by atoms with Crippen LogP contribution in [0.2, 0.25) is 0 Å². The van der Waals surface area contributed by atoms with E-state index in [1.807, 2.05) is 17.9 Å². The number of hydrogen-bond acceptors (Lipinski definition) is 5. The first kappa shape index (κ1) is 20.7. The third-order valence-corrected chi connectivity index (χ3v) is 5.26. The van der Waals surface area contributed by atoms with Gasteiger partial charge in [-0.3, -0.25) is 4.79 Å². The van der Waals surface area contributed by atoms with Gasteiger partial charge in [0.2, 0.25) is 0 Å². The van der Waals surface area contributed by atoms with Crippen LogP contribution in [0, 0.1) is 11.2 Å². The van der Waals surface area contributed by atoms with Crippen LogP contribution >= 0.6 is 0 Å². The molecular formula is C20H30FN4O3+. The minimum absolute atomic E-state index is 0.0533. The maximum Gasteiger partial charge on any atom is 0.253 e. The lowest BCUT2D eigenvalue weighted by Gasteiger charge is -2.34. The second-order valence-electron chi connectivity index (χ2n) is 7.35. The fourth-order valence-electron chi connectivity index (χ4n) is 3.58. The van der Waals surface area contributed by atoms with Gasteiger partial charge in [0, 0.05) is 44.0 Å². The van der Waals surface area contributed by atoms with Gasteiger partial charge in [0.1, 0.15) is 18.5 Å². The number of carbonyl (C=O) groups is 1. The van der Waals surface area contributed by atoms with Crippen molar-refractivity contribution in [2.75, 3.05) is 38.2 Å². The molecule has 2 fully saturated rings. The van der Waals surface area contributed by atoms with Crippen LogP contribution in [-0.4, -0.2) is 67.1 Å². The first-order valence-corrected chi connectivity index (χ1v) is 9.93. The molecule has 3 rings (SSSR count). The third kappa shape index (κ3) is 4.68. The van der Waals surface area contributed by atoms with Gasteiger partial charge in [-0.2, -0.15) is 0 Å². The van der Waals surface area contributed by atoms with Crippen LogP contribution in [0.1, 0.15) is 43.4 Å². The first-order chi connectivity index (χ1) is 13.6. The number of halogens is 1. The number of amides is 1. The highest BCUT2D eigenvalue weighted by molar-refractivity contribution is 5.87. The number of nitrogens with zero attached hydrogens (tertiary/aromatic N) is 1. The maximum atomic E-state index is 14.6. The number of anilines is 1. The SMILES string of the molecule is C[C@H](c1cc(F)c(C=N)c(NCCC[OH2+])c1)N(C(=O)[C@H]1CNCCO1)C1CC1. The number of nitrogens with one attached hydrogen (secondary N) is 3. The summed E-state index contributed by atoms with van der Waals surface area (Å²) in [7, 11) is 0. The van der Waals surface area contributed by atoms with E-state index < -0.39 is 11.9 Å². The third-order valence-electron chi connectivity index (χ3n) is 5.26. The van der Waals surface area contributed by atoms with E-state index in [-0.39, 0.29) is 30.2 Å². The molecule has 0 bridgehead atoms. The molecule has 0 aromatic heterocycles. The second-order valence-corrected chi connectivity index (χ2v) is 7.35. The smallest absolute Gasteiger partial charge is 0.253 e. The molecule has 8 heteroatoms. The van der Waals surface area contributed by atoms with Crippen LogP contribution in [0.25, 0.3) is 0 Å². The number of hydrogen-bond donors (Lipinski definition) is 3. The minimum atomic E-state index is -0.503. The topological polar surface area (TPSA) is 100 Å². The van der Waals surface area contributed by atoms with Crippen molar-refractivity contribution in [2.45, 2.75) is 44.4 Å². The Bertz CT molecular complexity index is 705. The van der Waals surface area contributed by atoms with Gasteiger partial charge >= 0.3 is 0 Å². The predicted octanol–water partition coefficient (Wildman–Crippen LogP) is 1.39. The van der Waals surface area contributed by atoms with E-state index in [2.05, 4.69) is 10.6 Å². The molecule has 154 valence electrons. The molecule has 7 nitrogen and oxygen atoms in total. The van der Waals surface area contributed by atoms with Crippen LogP contribution in [-0.2, 0) is 9.53 Å². The standard InChI is InChI=1S/C20H29FN4O3/c1-13(25(15-3-4-15)20(27)19-12-23-6-8-28-19)14-9-17(21)16(11-22)18(10-14)24-5-2-7-26/h9-11,13,15,19,22-24,26H,2-8,12H2,1H3/p+1/t13-,19-/m1/s1. The summed E-state index contributed by atoms with van der Waals surface area (Å²) < 4.78 is 20.3. The highest BCUT2D eigenvalue weighted by Gasteiger charge is 2.40. The Kier molecular flexibility index (Phi) is 6.98. The van der Waals surface area contributed by atoms with Gasteiger partial charge in [-0.15, -0.1) is 0 Å². The summed E-state index contributed by atoms with van der Waals surface area (Å²) in [6.07, 6.45) is 3.03. The zero-order valence-corrected chi connectivity index (χ0v) is 16.3. The summed E-state index contributed by atoms with van der Waals surface area (Å²) >= 11 is 0. The molecule has 2 aliphatic rings. The predicted molar refractivity (Wildman–Crippen MR) is 107 cm³/mol. The molecule has 1 aliphatic carbocycles. The zero-order valence-electron chi connectivity index (χ0n) is 16.3. The molecule has 2 atom stereocenters. The molecule has 1 aliphatic heterocycles. The van der Waals surface area contributed by atoms with Crippen molar-refractivity contribution in [2.24, 2.45) is 0 Å². The highest BCUT2D eigenvalue weighted by Crippen LogP contribution is 2.36. The molecule has 5 N–H and O–H groups in total. The number of carbonyl (C=O) groups excluding carboxylic acids is 1. The van der Waals surface area contributed by atoms with E-state index in [9.17, 15) is 9.18 Å². The zero-order chi connectivity index (χ0) is 20.1. The minimum Gasteiger partial charge on any atom is -0.445 e. The quantitative estimate of drug-likeness (QED) is 0.335. The Morgan fingerprint density at radius 1 is 1.54 bits per heavy atom. The molecule has 0 unspecified atom stereocenters. The van der Waals surface area contributed by atoms with Crippen molar-refractivity contribution in [1.29, 1.82) is 5.41 Å². The van der Waals surface area contributed by atoms with Crippen LogP contribution < -0.4 is 10.6 Å². The lowest BCUT2D eigenvalue weighted by atomic mass is 10.0. The van der Waals surface area contributed by atoms with Crippen LogP contribution in [0.3, 0.4) is 0 Å². The summed E-state index contributed by atoms with van der Waals surface area (Å²) in [6.45, 7) is 4.48. The van der Waals surface area contributed by atoms with Crippen molar-refractivity contribution in [3.63, 3.8) is 0 Å². The van der Waals surface area contributed by atoms with Gasteiger partial charge in [-0.1, -0.05) is 0 Å². The fraction of sp³-hybridized carbons (Fsp3) is 0.600. The lowest BCUT2D eigenvalue weighted by Crippen LogP contribution is -2.50. The van der Waals surface area contributed by atoms with E-state index in [0.717, 1.165) is 25.6 Å².